The molecule has 1 aromatic carbocycles. The van der Waals surface area contributed by atoms with E-state index in [4.69, 9.17) is 16.1 Å². The Labute approximate surface area is 204 Å². The van der Waals surface area contributed by atoms with Gasteiger partial charge in [0.05, 0.1) is 5.56 Å². The first-order valence-corrected chi connectivity index (χ1v) is 12.7. The van der Waals surface area contributed by atoms with E-state index in [9.17, 15) is 4.79 Å². The Morgan fingerprint density at radius 2 is 1.82 bits per heavy atom. The Bertz CT molecular complexity index is 1120. The molecule has 1 N–H and O–H groups in total. The molecule has 3 heterocycles. The maximum absolute atomic E-state index is 12.9. The number of rotatable bonds is 5. The van der Waals surface area contributed by atoms with Crippen molar-refractivity contribution >= 4 is 23.3 Å². The van der Waals surface area contributed by atoms with Crippen molar-refractivity contribution in [3.8, 4) is 22.8 Å². The predicted octanol–water partition coefficient (Wildman–Crippen LogP) is 5.51. The van der Waals surface area contributed by atoms with Gasteiger partial charge in [0.25, 0.3) is 5.89 Å². The zero-order chi connectivity index (χ0) is 23.3. The number of aromatic nitrogens is 3. The summed E-state index contributed by atoms with van der Waals surface area (Å²) in [6, 6.07) is 11.5. The first-order valence-electron chi connectivity index (χ1n) is 12.3. The van der Waals surface area contributed by atoms with Gasteiger partial charge in [-0.05, 0) is 49.9 Å². The quantitative estimate of drug-likeness (QED) is 0.486. The van der Waals surface area contributed by atoms with Crippen molar-refractivity contribution in [3.05, 3.63) is 47.6 Å². The van der Waals surface area contributed by atoms with Crippen LogP contribution in [0.1, 0.15) is 51.4 Å². The molecule has 1 amide bonds. The standard InChI is InChI=1S/C26H30ClN5O2/c27-20-8-5-7-19(17-20)23-30-26(34-31-23)22-11-6-14-28-24(22)32-15-12-18(13-16-32)25(33)29-21-9-3-1-2-4-10-21/h5-8,11,14,17-18,21H,1-4,9-10,12-13,15-16H2,(H,29,33). The molecule has 1 aliphatic heterocycles. The van der Waals surface area contributed by atoms with E-state index in [1.54, 1.807) is 6.20 Å². The third kappa shape index (κ3) is 5.25. The monoisotopic (exact) mass is 479 g/mol. The number of carbonyl (C=O) groups is 1. The molecule has 3 aromatic rings. The van der Waals surface area contributed by atoms with Crippen LogP contribution in [0.25, 0.3) is 22.8 Å². The number of hydrogen-bond donors (Lipinski definition) is 1. The van der Waals surface area contributed by atoms with Gasteiger partial charge in [0.1, 0.15) is 5.82 Å². The second kappa shape index (κ2) is 10.6. The molecule has 2 aliphatic rings. The molecule has 2 aromatic heterocycles. The fourth-order valence-corrected chi connectivity index (χ4v) is 5.18. The van der Waals surface area contributed by atoms with Gasteiger partial charge < -0.3 is 14.7 Å². The average Bonchev–Trinajstić information content (AvgIpc) is 3.22. The lowest BCUT2D eigenvalue weighted by atomic mass is 9.94. The maximum Gasteiger partial charge on any atom is 0.261 e. The number of amides is 1. The second-order valence-corrected chi connectivity index (χ2v) is 9.70. The summed E-state index contributed by atoms with van der Waals surface area (Å²) in [5.41, 5.74) is 1.60. The van der Waals surface area contributed by atoms with E-state index in [-0.39, 0.29) is 11.8 Å². The van der Waals surface area contributed by atoms with E-state index in [1.165, 1.54) is 25.7 Å². The van der Waals surface area contributed by atoms with Gasteiger partial charge in [0, 0.05) is 41.8 Å². The van der Waals surface area contributed by atoms with Crippen molar-refractivity contribution in [2.75, 3.05) is 18.0 Å². The van der Waals surface area contributed by atoms with Gasteiger partial charge in [-0.15, -0.1) is 0 Å². The van der Waals surface area contributed by atoms with Gasteiger partial charge in [-0.3, -0.25) is 4.79 Å². The Morgan fingerprint density at radius 3 is 2.59 bits per heavy atom. The van der Waals surface area contributed by atoms with E-state index in [0.717, 1.165) is 55.7 Å². The summed E-state index contributed by atoms with van der Waals surface area (Å²) in [6.45, 7) is 1.53. The van der Waals surface area contributed by atoms with Gasteiger partial charge in [-0.25, -0.2) is 4.98 Å². The third-order valence-corrected chi connectivity index (χ3v) is 7.13. The molecule has 0 bridgehead atoms. The highest BCUT2D eigenvalue weighted by Gasteiger charge is 2.29. The van der Waals surface area contributed by atoms with E-state index in [1.807, 2.05) is 36.4 Å². The lowest BCUT2D eigenvalue weighted by molar-refractivity contribution is -0.126. The summed E-state index contributed by atoms with van der Waals surface area (Å²) >= 11 is 6.11. The van der Waals surface area contributed by atoms with Gasteiger partial charge in [-0.2, -0.15) is 4.98 Å². The number of nitrogens with zero attached hydrogens (tertiary/aromatic N) is 4. The minimum Gasteiger partial charge on any atom is -0.356 e. The summed E-state index contributed by atoms with van der Waals surface area (Å²) in [5.74, 6) is 2.00. The number of piperidine rings is 1. The number of benzene rings is 1. The minimum atomic E-state index is 0.0597. The van der Waals surface area contributed by atoms with Crippen LogP contribution >= 0.6 is 11.6 Å². The highest BCUT2D eigenvalue weighted by atomic mass is 35.5. The smallest absolute Gasteiger partial charge is 0.261 e. The number of carbonyl (C=O) groups excluding carboxylic acids is 1. The Balaban J connectivity index is 1.25. The minimum absolute atomic E-state index is 0.0597. The molecule has 178 valence electrons. The molecule has 0 atom stereocenters. The highest BCUT2D eigenvalue weighted by molar-refractivity contribution is 6.30. The number of halogens is 1. The predicted molar refractivity (Wildman–Crippen MR) is 133 cm³/mol. The molecule has 34 heavy (non-hydrogen) atoms. The molecule has 0 unspecified atom stereocenters. The van der Waals surface area contributed by atoms with Crippen LogP contribution in [0.3, 0.4) is 0 Å². The van der Waals surface area contributed by atoms with E-state index in [2.05, 4.69) is 25.3 Å². The fourth-order valence-electron chi connectivity index (χ4n) is 4.99. The fraction of sp³-hybridized carbons (Fsp3) is 0.462. The number of nitrogens with one attached hydrogen (secondary N) is 1. The van der Waals surface area contributed by atoms with Crippen LogP contribution in [0.2, 0.25) is 5.02 Å². The first kappa shape index (κ1) is 22.8. The van der Waals surface area contributed by atoms with Crippen LogP contribution in [-0.2, 0) is 4.79 Å². The van der Waals surface area contributed by atoms with Crippen LogP contribution < -0.4 is 10.2 Å². The summed E-state index contributed by atoms with van der Waals surface area (Å²) in [4.78, 5) is 24.3. The van der Waals surface area contributed by atoms with Gasteiger partial charge >= 0.3 is 0 Å². The zero-order valence-corrected chi connectivity index (χ0v) is 20.0. The molecule has 0 radical (unpaired) electrons. The van der Waals surface area contributed by atoms with Crippen LogP contribution in [0.4, 0.5) is 5.82 Å². The molecule has 2 fully saturated rings. The topological polar surface area (TPSA) is 84.2 Å². The summed E-state index contributed by atoms with van der Waals surface area (Å²) in [6.07, 6.45) is 10.7. The molecule has 7 nitrogen and oxygen atoms in total. The SMILES string of the molecule is O=C(NC1CCCCCC1)C1CCN(c2ncccc2-c2nc(-c3cccc(Cl)c3)no2)CC1. The Morgan fingerprint density at radius 1 is 1.03 bits per heavy atom. The van der Waals surface area contributed by atoms with Crippen molar-refractivity contribution in [3.63, 3.8) is 0 Å². The molecule has 0 spiro atoms. The normalized spacial score (nSPS) is 18.0. The van der Waals surface area contributed by atoms with Crippen molar-refractivity contribution in [1.29, 1.82) is 0 Å². The van der Waals surface area contributed by atoms with Crippen LogP contribution in [0.15, 0.2) is 47.1 Å². The van der Waals surface area contributed by atoms with Gasteiger partial charge in [-0.1, -0.05) is 54.6 Å². The van der Waals surface area contributed by atoms with E-state index in [0.29, 0.717) is 22.8 Å². The molecule has 1 saturated carbocycles. The van der Waals surface area contributed by atoms with E-state index < -0.39 is 0 Å². The van der Waals surface area contributed by atoms with Crippen LogP contribution in [0, 0.1) is 5.92 Å². The van der Waals surface area contributed by atoms with Crippen molar-refractivity contribution in [2.24, 2.45) is 5.92 Å². The lowest BCUT2D eigenvalue weighted by Crippen LogP contribution is -2.44. The molecule has 1 aliphatic carbocycles. The third-order valence-electron chi connectivity index (χ3n) is 6.89. The van der Waals surface area contributed by atoms with Crippen LogP contribution in [-0.4, -0.2) is 40.2 Å². The Kier molecular flexibility index (Phi) is 7.09. The van der Waals surface area contributed by atoms with Crippen molar-refractivity contribution in [2.45, 2.75) is 57.4 Å². The van der Waals surface area contributed by atoms with Gasteiger partial charge in [0.15, 0.2) is 0 Å². The molecule has 8 heteroatoms. The molecular weight excluding hydrogens is 450 g/mol. The van der Waals surface area contributed by atoms with E-state index >= 15 is 0 Å². The number of hydrogen-bond acceptors (Lipinski definition) is 6. The lowest BCUT2D eigenvalue weighted by Gasteiger charge is -2.33. The Hall–Kier alpha value is -2.93. The summed E-state index contributed by atoms with van der Waals surface area (Å²) in [5, 5.41) is 8.09. The zero-order valence-electron chi connectivity index (χ0n) is 19.3. The highest BCUT2D eigenvalue weighted by Crippen LogP contribution is 2.32. The summed E-state index contributed by atoms with van der Waals surface area (Å²) < 4.78 is 5.60. The second-order valence-electron chi connectivity index (χ2n) is 9.27. The average molecular weight is 480 g/mol. The number of anilines is 1. The van der Waals surface area contributed by atoms with Crippen molar-refractivity contribution in [1.82, 2.24) is 20.4 Å². The summed E-state index contributed by atoms with van der Waals surface area (Å²) in [7, 11) is 0. The van der Waals surface area contributed by atoms with Gasteiger partial charge in [0.2, 0.25) is 11.7 Å². The maximum atomic E-state index is 12.9. The molecular formula is C26H30ClN5O2. The first-order chi connectivity index (χ1) is 16.7. The number of pyridine rings is 1. The van der Waals surface area contributed by atoms with Crippen molar-refractivity contribution < 1.29 is 9.32 Å². The largest absolute Gasteiger partial charge is 0.356 e. The molecule has 5 rings (SSSR count). The van der Waals surface area contributed by atoms with Crippen LogP contribution in [0.5, 0.6) is 0 Å². The molecule has 1 saturated heterocycles.